The zero-order valence-electron chi connectivity index (χ0n) is 7.33. The van der Waals surface area contributed by atoms with Gasteiger partial charge in [-0.2, -0.15) is 0 Å². The van der Waals surface area contributed by atoms with Crippen molar-refractivity contribution in [2.45, 2.75) is 13.8 Å². The fourth-order valence-corrected chi connectivity index (χ4v) is 0.934. The second-order valence-corrected chi connectivity index (χ2v) is 2.72. The highest BCUT2D eigenvalue weighted by Gasteiger charge is 1.94. The minimum Gasteiger partial charge on any atom is -0.257 e. The Hall–Kier alpha value is -1.55. The zero-order chi connectivity index (χ0) is 8.97. The molecule has 0 aromatic heterocycles. The summed E-state index contributed by atoms with van der Waals surface area (Å²) in [6.07, 6.45) is 5.31. The lowest BCUT2D eigenvalue weighted by Gasteiger charge is -1.97. The maximum atomic E-state index is 5.31. The molecule has 0 atom stereocenters. The summed E-state index contributed by atoms with van der Waals surface area (Å²) in [6, 6.07) is 7.66. The Morgan fingerprint density at radius 3 is 2.58 bits per heavy atom. The number of terminal acetylenes is 1. The molecule has 0 radical (unpaired) electrons. The van der Waals surface area contributed by atoms with Crippen molar-refractivity contribution in [1.29, 1.82) is 0 Å². The third-order valence-corrected chi connectivity index (χ3v) is 1.40. The SMILES string of the molecule is C#Cc1ccccc1N=C(C)C. The molecule has 0 aliphatic heterocycles. The minimum atomic E-state index is 0.846. The van der Waals surface area contributed by atoms with E-state index in [-0.39, 0.29) is 0 Å². The van der Waals surface area contributed by atoms with Crippen LogP contribution in [0.25, 0.3) is 0 Å². The fraction of sp³-hybridized carbons (Fsp3) is 0.182. The standard InChI is InChI=1S/C11H11N/c1-4-10-7-5-6-8-11(10)12-9(2)3/h1,5-8H,2-3H3. The van der Waals surface area contributed by atoms with E-state index in [1.165, 1.54) is 0 Å². The van der Waals surface area contributed by atoms with Crippen LogP contribution in [0.3, 0.4) is 0 Å². The van der Waals surface area contributed by atoms with E-state index in [9.17, 15) is 0 Å². The summed E-state index contributed by atoms with van der Waals surface area (Å²) in [5.74, 6) is 2.59. The summed E-state index contributed by atoms with van der Waals surface area (Å²) in [5, 5.41) is 0. The summed E-state index contributed by atoms with van der Waals surface area (Å²) < 4.78 is 0. The van der Waals surface area contributed by atoms with Gasteiger partial charge in [-0.3, -0.25) is 4.99 Å². The molecule has 60 valence electrons. The summed E-state index contributed by atoms with van der Waals surface area (Å²) in [5.41, 5.74) is 2.73. The molecule has 1 aromatic carbocycles. The van der Waals surface area contributed by atoms with Gasteiger partial charge in [0.1, 0.15) is 0 Å². The number of nitrogens with zero attached hydrogens (tertiary/aromatic N) is 1. The maximum Gasteiger partial charge on any atom is 0.0785 e. The van der Waals surface area contributed by atoms with Crippen molar-refractivity contribution >= 4 is 11.4 Å². The van der Waals surface area contributed by atoms with Gasteiger partial charge in [0, 0.05) is 11.3 Å². The molecule has 0 N–H and O–H groups in total. The Bertz CT molecular complexity index is 338. The molecule has 1 nitrogen and oxygen atoms in total. The van der Waals surface area contributed by atoms with Crippen LogP contribution in [-0.2, 0) is 0 Å². The molecule has 0 saturated carbocycles. The van der Waals surface area contributed by atoms with Crippen molar-refractivity contribution in [3.05, 3.63) is 29.8 Å². The van der Waals surface area contributed by atoms with Crippen molar-refractivity contribution in [1.82, 2.24) is 0 Å². The molecule has 1 rings (SSSR count). The lowest BCUT2D eigenvalue weighted by molar-refractivity contribution is 1.45. The van der Waals surface area contributed by atoms with Gasteiger partial charge in [0.25, 0.3) is 0 Å². The van der Waals surface area contributed by atoms with Crippen molar-refractivity contribution in [3.8, 4) is 12.3 Å². The van der Waals surface area contributed by atoms with Crippen molar-refractivity contribution in [2.75, 3.05) is 0 Å². The first-order valence-corrected chi connectivity index (χ1v) is 3.81. The molecular formula is C11H11N. The zero-order valence-corrected chi connectivity index (χ0v) is 7.33. The number of aliphatic imine (C=N–C) groups is 1. The number of para-hydroxylation sites is 1. The van der Waals surface area contributed by atoms with Gasteiger partial charge in [0.15, 0.2) is 0 Å². The summed E-state index contributed by atoms with van der Waals surface area (Å²) in [4.78, 5) is 4.30. The molecule has 0 aliphatic rings. The predicted octanol–water partition coefficient (Wildman–Crippen LogP) is 2.78. The van der Waals surface area contributed by atoms with E-state index < -0.39 is 0 Å². The van der Waals surface area contributed by atoms with Crippen molar-refractivity contribution in [2.24, 2.45) is 4.99 Å². The molecule has 1 aromatic rings. The molecule has 0 unspecified atom stereocenters. The summed E-state index contributed by atoms with van der Waals surface area (Å²) in [7, 11) is 0. The molecule has 0 saturated heterocycles. The molecule has 0 fully saturated rings. The van der Waals surface area contributed by atoms with E-state index in [0.717, 1.165) is 17.0 Å². The van der Waals surface area contributed by atoms with E-state index in [4.69, 9.17) is 6.42 Å². The number of benzene rings is 1. The van der Waals surface area contributed by atoms with Crippen LogP contribution in [0.4, 0.5) is 5.69 Å². The largest absolute Gasteiger partial charge is 0.257 e. The number of rotatable bonds is 1. The molecule has 0 spiro atoms. The third kappa shape index (κ3) is 1.96. The monoisotopic (exact) mass is 157 g/mol. The van der Waals surface area contributed by atoms with Crippen LogP contribution in [0.1, 0.15) is 19.4 Å². The second-order valence-electron chi connectivity index (χ2n) is 2.72. The third-order valence-electron chi connectivity index (χ3n) is 1.40. The van der Waals surface area contributed by atoms with Crippen LogP contribution in [0.2, 0.25) is 0 Å². The van der Waals surface area contributed by atoms with Gasteiger partial charge in [0.2, 0.25) is 0 Å². The Balaban J connectivity index is 3.17. The van der Waals surface area contributed by atoms with E-state index in [2.05, 4.69) is 10.9 Å². The highest BCUT2D eigenvalue weighted by Crippen LogP contribution is 2.17. The van der Waals surface area contributed by atoms with E-state index >= 15 is 0 Å². The number of hydrogen-bond donors (Lipinski definition) is 0. The lowest BCUT2D eigenvalue weighted by atomic mass is 10.2. The average Bonchev–Trinajstić information content (AvgIpc) is 2.04. The molecule has 0 amide bonds. The predicted molar refractivity (Wildman–Crippen MR) is 52.8 cm³/mol. The summed E-state index contributed by atoms with van der Waals surface area (Å²) >= 11 is 0. The van der Waals surface area contributed by atoms with E-state index in [1.807, 2.05) is 38.1 Å². The Morgan fingerprint density at radius 2 is 2.00 bits per heavy atom. The normalized spacial score (nSPS) is 8.75. The Labute approximate surface area is 73.2 Å². The first-order chi connectivity index (χ1) is 5.74. The van der Waals surface area contributed by atoms with E-state index in [0.29, 0.717) is 0 Å². The quantitative estimate of drug-likeness (QED) is 0.439. The average molecular weight is 157 g/mol. The van der Waals surface area contributed by atoms with Gasteiger partial charge in [-0.25, -0.2) is 0 Å². The second kappa shape index (κ2) is 3.73. The van der Waals surface area contributed by atoms with Gasteiger partial charge >= 0.3 is 0 Å². The Morgan fingerprint density at radius 1 is 1.33 bits per heavy atom. The van der Waals surface area contributed by atoms with Gasteiger partial charge in [-0.1, -0.05) is 18.1 Å². The van der Waals surface area contributed by atoms with Crippen LogP contribution in [0, 0.1) is 12.3 Å². The molecular weight excluding hydrogens is 146 g/mol. The molecule has 12 heavy (non-hydrogen) atoms. The maximum absolute atomic E-state index is 5.31. The first-order valence-electron chi connectivity index (χ1n) is 3.81. The van der Waals surface area contributed by atoms with Crippen LogP contribution in [0.5, 0.6) is 0 Å². The lowest BCUT2D eigenvalue weighted by Crippen LogP contribution is -1.81. The van der Waals surface area contributed by atoms with Crippen LogP contribution < -0.4 is 0 Å². The molecule has 0 aliphatic carbocycles. The smallest absolute Gasteiger partial charge is 0.0785 e. The minimum absolute atomic E-state index is 0.846. The summed E-state index contributed by atoms with van der Waals surface area (Å²) in [6.45, 7) is 3.90. The van der Waals surface area contributed by atoms with Crippen molar-refractivity contribution < 1.29 is 0 Å². The topological polar surface area (TPSA) is 12.4 Å². The Kier molecular flexibility index (Phi) is 2.66. The van der Waals surface area contributed by atoms with E-state index in [1.54, 1.807) is 0 Å². The highest BCUT2D eigenvalue weighted by molar-refractivity contribution is 5.82. The van der Waals surface area contributed by atoms with Crippen LogP contribution in [-0.4, -0.2) is 5.71 Å². The van der Waals surface area contributed by atoms with Gasteiger partial charge < -0.3 is 0 Å². The van der Waals surface area contributed by atoms with Crippen LogP contribution >= 0.6 is 0 Å². The molecule has 1 heteroatoms. The molecule has 0 bridgehead atoms. The van der Waals surface area contributed by atoms with Gasteiger partial charge in [0.05, 0.1) is 5.69 Å². The van der Waals surface area contributed by atoms with Crippen LogP contribution in [0.15, 0.2) is 29.3 Å². The van der Waals surface area contributed by atoms with Gasteiger partial charge in [-0.05, 0) is 26.0 Å². The highest BCUT2D eigenvalue weighted by atomic mass is 14.7. The van der Waals surface area contributed by atoms with Gasteiger partial charge in [-0.15, -0.1) is 6.42 Å². The van der Waals surface area contributed by atoms with Crippen molar-refractivity contribution in [3.63, 3.8) is 0 Å². The fourth-order valence-electron chi connectivity index (χ4n) is 0.934. The number of hydrogen-bond acceptors (Lipinski definition) is 1. The molecule has 0 heterocycles. The first kappa shape index (κ1) is 8.55.